The van der Waals surface area contributed by atoms with Gasteiger partial charge < -0.3 is 9.68 Å². The number of halogens is 1. The normalized spacial score (nSPS) is 14.1. The second kappa shape index (κ2) is 3.04. The number of benzene rings is 1. The summed E-state index contributed by atoms with van der Waals surface area (Å²) in [4.78, 5) is 0. The van der Waals surface area contributed by atoms with E-state index in [4.69, 9.17) is 21.5 Å². The lowest BCUT2D eigenvalue weighted by Crippen LogP contribution is -2.28. The second-order valence-corrected chi connectivity index (χ2v) is 3.21. The van der Waals surface area contributed by atoms with Crippen LogP contribution in [0.1, 0.15) is 11.1 Å². The third-order valence-corrected chi connectivity index (χ3v) is 2.32. The van der Waals surface area contributed by atoms with E-state index in [1.807, 2.05) is 6.07 Å². The Labute approximate surface area is 80.7 Å². The Morgan fingerprint density at radius 1 is 1.62 bits per heavy atom. The van der Waals surface area contributed by atoms with Crippen molar-refractivity contribution in [2.45, 2.75) is 6.61 Å². The fraction of sp³-hybridized carbons (Fsp3) is 0.125. The van der Waals surface area contributed by atoms with Crippen molar-refractivity contribution in [3.63, 3.8) is 0 Å². The maximum absolute atomic E-state index is 9.32. The van der Waals surface area contributed by atoms with E-state index >= 15 is 0 Å². The molecule has 1 aromatic carbocycles. The van der Waals surface area contributed by atoms with Gasteiger partial charge in [0.2, 0.25) is 0 Å². The SMILES string of the molecule is N#Cc1cc2c(cc1Cl)COB2O. The first-order chi connectivity index (χ1) is 6.22. The summed E-state index contributed by atoms with van der Waals surface area (Å²) < 4.78 is 4.97. The largest absolute Gasteiger partial charge is 0.491 e. The standard InChI is InChI=1S/C8H5BClNO2/c10-8-2-6-4-13-9(12)7(6)1-5(8)3-11/h1-2,12H,4H2. The van der Waals surface area contributed by atoms with Gasteiger partial charge in [0.1, 0.15) is 6.07 Å². The zero-order chi connectivity index (χ0) is 9.42. The maximum Gasteiger partial charge on any atom is 0.491 e. The van der Waals surface area contributed by atoms with E-state index in [1.54, 1.807) is 12.1 Å². The monoisotopic (exact) mass is 193 g/mol. The number of fused-ring (bicyclic) bond motifs is 1. The van der Waals surface area contributed by atoms with Crippen LogP contribution in [-0.2, 0) is 11.3 Å². The minimum absolute atomic E-state index is 0.349. The van der Waals surface area contributed by atoms with Gasteiger partial charge in [-0.05, 0) is 23.2 Å². The van der Waals surface area contributed by atoms with Crippen LogP contribution >= 0.6 is 11.6 Å². The highest BCUT2D eigenvalue weighted by Gasteiger charge is 2.28. The summed E-state index contributed by atoms with van der Waals surface area (Å²) in [6.45, 7) is 0.349. The molecule has 13 heavy (non-hydrogen) atoms. The zero-order valence-electron chi connectivity index (χ0n) is 6.62. The van der Waals surface area contributed by atoms with Crippen molar-refractivity contribution >= 4 is 24.2 Å². The molecule has 0 atom stereocenters. The van der Waals surface area contributed by atoms with E-state index in [9.17, 15) is 5.02 Å². The Hall–Kier alpha value is -1.02. The molecule has 2 rings (SSSR count). The molecule has 0 fully saturated rings. The molecule has 3 nitrogen and oxygen atoms in total. The number of nitriles is 1. The topological polar surface area (TPSA) is 53.2 Å². The highest BCUT2D eigenvalue weighted by atomic mass is 35.5. The molecule has 1 aliphatic rings. The molecule has 64 valence electrons. The molecule has 1 aromatic rings. The lowest BCUT2D eigenvalue weighted by molar-refractivity contribution is 0.275. The third kappa shape index (κ3) is 1.31. The van der Waals surface area contributed by atoms with Crippen LogP contribution in [0.25, 0.3) is 0 Å². The average molecular weight is 193 g/mol. The Bertz CT molecular complexity index is 402. The number of hydrogen-bond donors (Lipinski definition) is 1. The van der Waals surface area contributed by atoms with E-state index < -0.39 is 7.12 Å². The van der Waals surface area contributed by atoms with Crippen molar-refractivity contribution in [3.05, 3.63) is 28.3 Å². The molecule has 0 bridgehead atoms. The third-order valence-electron chi connectivity index (χ3n) is 2.01. The molecule has 0 aliphatic carbocycles. The average Bonchev–Trinajstić information content (AvgIpc) is 2.46. The van der Waals surface area contributed by atoms with Gasteiger partial charge in [0, 0.05) is 0 Å². The Balaban J connectivity index is 2.59. The fourth-order valence-corrected chi connectivity index (χ4v) is 1.56. The molecular weight excluding hydrogens is 188 g/mol. The van der Waals surface area contributed by atoms with Crippen LogP contribution in [0.4, 0.5) is 0 Å². The van der Waals surface area contributed by atoms with Gasteiger partial charge in [-0.25, -0.2) is 0 Å². The van der Waals surface area contributed by atoms with Gasteiger partial charge in [-0.1, -0.05) is 11.6 Å². The first-order valence-corrected chi connectivity index (χ1v) is 4.12. The maximum atomic E-state index is 9.32. The predicted octanol–water partition coefficient (Wildman–Crippen LogP) is 0.429. The van der Waals surface area contributed by atoms with Gasteiger partial charge in [-0.3, -0.25) is 0 Å². The first kappa shape index (κ1) is 8.58. The van der Waals surface area contributed by atoms with Crippen molar-refractivity contribution in [2.24, 2.45) is 0 Å². The molecule has 0 amide bonds. The first-order valence-electron chi connectivity index (χ1n) is 3.74. The Morgan fingerprint density at radius 3 is 3.08 bits per heavy atom. The molecule has 0 spiro atoms. The molecule has 0 radical (unpaired) electrons. The fourth-order valence-electron chi connectivity index (χ4n) is 1.33. The van der Waals surface area contributed by atoms with E-state index in [-0.39, 0.29) is 0 Å². The summed E-state index contributed by atoms with van der Waals surface area (Å²) in [6.07, 6.45) is 0. The zero-order valence-corrected chi connectivity index (χ0v) is 7.38. The van der Waals surface area contributed by atoms with E-state index in [2.05, 4.69) is 0 Å². The van der Waals surface area contributed by atoms with Crippen molar-refractivity contribution in [1.82, 2.24) is 0 Å². The van der Waals surface area contributed by atoms with Crippen molar-refractivity contribution in [1.29, 1.82) is 5.26 Å². The van der Waals surface area contributed by atoms with Crippen molar-refractivity contribution < 1.29 is 9.68 Å². The highest BCUT2D eigenvalue weighted by Crippen LogP contribution is 2.19. The summed E-state index contributed by atoms with van der Waals surface area (Å²) in [6, 6.07) is 5.17. The molecule has 0 aromatic heterocycles. The van der Waals surface area contributed by atoms with Crippen LogP contribution in [0.15, 0.2) is 12.1 Å². The second-order valence-electron chi connectivity index (χ2n) is 2.81. The van der Waals surface area contributed by atoms with Gasteiger partial charge >= 0.3 is 7.12 Å². The molecule has 0 saturated heterocycles. The van der Waals surface area contributed by atoms with Gasteiger partial charge in [-0.15, -0.1) is 0 Å². The summed E-state index contributed by atoms with van der Waals surface area (Å²) in [5, 5.41) is 18.4. The molecule has 1 heterocycles. The van der Waals surface area contributed by atoms with Crippen LogP contribution in [-0.4, -0.2) is 12.1 Å². The van der Waals surface area contributed by atoms with Crippen LogP contribution in [0.2, 0.25) is 5.02 Å². The lowest BCUT2D eigenvalue weighted by Gasteiger charge is -2.00. The molecule has 5 heteroatoms. The Morgan fingerprint density at radius 2 is 2.38 bits per heavy atom. The number of hydrogen-bond acceptors (Lipinski definition) is 3. The molecule has 1 N–H and O–H groups in total. The molecule has 0 saturated carbocycles. The van der Waals surface area contributed by atoms with Gasteiger partial charge in [-0.2, -0.15) is 5.26 Å². The van der Waals surface area contributed by atoms with Gasteiger partial charge in [0.05, 0.1) is 17.2 Å². The lowest BCUT2D eigenvalue weighted by atomic mass is 9.79. The van der Waals surface area contributed by atoms with Crippen LogP contribution in [0.3, 0.4) is 0 Å². The summed E-state index contributed by atoms with van der Waals surface area (Å²) in [5.74, 6) is 0. The van der Waals surface area contributed by atoms with E-state index in [1.165, 1.54) is 0 Å². The number of nitrogens with zero attached hydrogens (tertiary/aromatic N) is 1. The minimum atomic E-state index is -0.917. The molecule has 1 aliphatic heterocycles. The van der Waals surface area contributed by atoms with E-state index in [0.717, 1.165) is 5.56 Å². The summed E-state index contributed by atoms with van der Waals surface area (Å²) in [5.41, 5.74) is 1.85. The quantitative estimate of drug-likeness (QED) is 0.608. The van der Waals surface area contributed by atoms with Crippen LogP contribution in [0, 0.1) is 11.3 Å². The smallest absolute Gasteiger partial charge is 0.423 e. The molecular formula is C8H5BClNO2. The highest BCUT2D eigenvalue weighted by molar-refractivity contribution is 6.61. The van der Waals surface area contributed by atoms with Crippen LogP contribution in [0.5, 0.6) is 0 Å². The summed E-state index contributed by atoms with van der Waals surface area (Å²) >= 11 is 5.80. The minimum Gasteiger partial charge on any atom is -0.423 e. The van der Waals surface area contributed by atoms with Gasteiger partial charge in [0.15, 0.2) is 0 Å². The van der Waals surface area contributed by atoms with Crippen molar-refractivity contribution in [2.75, 3.05) is 0 Å². The van der Waals surface area contributed by atoms with Crippen molar-refractivity contribution in [3.8, 4) is 6.07 Å². The van der Waals surface area contributed by atoms with Gasteiger partial charge in [0.25, 0.3) is 0 Å². The van der Waals surface area contributed by atoms with Crippen LogP contribution < -0.4 is 5.46 Å². The Kier molecular flexibility index (Phi) is 2.00. The summed E-state index contributed by atoms with van der Waals surface area (Å²) in [7, 11) is -0.917. The van der Waals surface area contributed by atoms with E-state index in [0.29, 0.717) is 22.7 Å². The number of rotatable bonds is 0. The predicted molar refractivity (Wildman–Crippen MR) is 48.6 cm³/mol. The molecule has 0 unspecified atom stereocenters.